The fraction of sp³-hybridized carbons (Fsp3) is 0.364. The van der Waals surface area contributed by atoms with Crippen LogP contribution in [0.1, 0.15) is 24.4 Å². The van der Waals surface area contributed by atoms with Gasteiger partial charge in [-0.1, -0.05) is 17.3 Å². The van der Waals surface area contributed by atoms with Gasteiger partial charge in [0.25, 0.3) is 0 Å². The second kappa shape index (κ2) is 9.35. The van der Waals surface area contributed by atoms with Gasteiger partial charge >= 0.3 is 6.18 Å². The predicted octanol–water partition coefficient (Wildman–Crippen LogP) is 3.83. The highest BCUT2D eigenvalue weighted by Crippen LogP contribution is 2.32. The second-order valence-corrected chi connectivity index (χ2v) is 9.76. The lowest BCUT2D eigenvalue weighted by atomic mass is 10.1. The Hall–Kier alpha value is -2.96. The van der Waals surface area contributed by atoms with Crippen LogP contribution in [0.4, 0.5) is 13.2 Å². The molecule has 0 saturated carbocycles. The third-order valence-electron chi connectivity index (χ3n) is 5.77. The minimum atomic E-state index is -4.47. The van der Waals surface area contributed by atoms with Crippen LogP contribution in [0.15, 0.2) is 57.9 Å². The zero-order chi connectivity index (χ0) is 24.5. The van der Waals surface area contributed by atoms with Crippen LogP contribution >= 0.6 is 0 Å². The number of nitrogens with zero attached hydrogens (tertiary/aromatic N) is 4. The van der Waals surface area contributed by atoms with E-state index in [9.17, 15) is 21.6 Å². The zero-order valence-electron chi connectivity index (χ0n) is 18.5. The van der Waals surface area contributed by atoms with Crippen molar-refractivity contribution in [2.24, 2.45) is 0 Å². The summed E-state index contributed by atoms with van der Waals surface area (Å²) in [6.45, 7) is 3.23. The Bertz CT molecular complexity index is 1240. The molecule has 0 N–H and O–H groups in total. The van der Waals surface area contributed by atoms with Crippen molar-refractivity contribution in [1.29, 1.82) is 0 Å². The van der Waals surface area contributed by atoms with Gasteiger partial charge in [-0.2, -0.15) is 22.5 Å². The highest BCUT2D eigenvalue weighted by atomic mass is 32.2. The van der Waals surface area contributed by atoms with Crippen LogP contribution in [0.25, 0.3) is 11.4 Å². The monoisotopic (exact) mass is 496 g/mol. The normalized spacial score (nSPS) is 17.0. The predicted molar refractivity (Wildman–Crippen MR) is 116 cm³/mol. The average Bonchev–Trinajstić information content (AvgIpc) is 3.34. The Labute approximate surface area is 195 Å². The summed E-state index contributed by atoms with van der Waals surface area (Å²) in [4.78, 5) is 6.46. The maximum atomic E-state index is 13.0. The summed E-state index contributed by atoms with van der Waals surface area (Å²) in [5.41, 5.74) is -0.592. The first-order valence-corrected chi connectivity index (χ1v) is 11.9. The number of halogens is 3. The molecule has 0 bridgehead atoms. The van der Waals surface area contributed by atoms with Crippen LogP contribution in [0.2, 0.25) is 0 Å². The van der Waals surface area contributed by atoms with E-state index in [4.69, 9.17) is 9.26 Å². The number of sulfonamides is 1. The molecule has 34 heavy (non-hydrogen) atoms. The number of ether oxygens (including phenoxy) is 1. The van der Waals surface area contributed by atoms with Crippen molar-refractivity contribution >= 4 is 10.0 Å². The van der Waals surface area contributed by atoms with E-state index < -0.39 is 21.8 Å². The molecule has 0 spiro atoms. The largest absolute Gasteiger partial charge is 0.497 e. The lowest BCUT2D eigenvalue weighted by molar-refractivity contribution is -0.137. The Morgan fingerprint density at radius 2 is 1.74 bits per heavy atom. The summed E-state index contributed by atoms with van der Waals surface area (Å²) in [5.74, 6) is 0.884. The van der Waals surface area contributed by atoms with Crippen LogP contribution in [-0.4, -0.2) is 61.1 Å². The molecule has 8 nitrogen and oxygen atoms in total. The molecule has 4 rings (SSSR count). The van der Waals surface area contributed by atoms with Crippen LogP contribution in [-0.2, 0) is 16.2 Å². The molecule has 1 unspecified atom stereocenters. The minimum Gasteiger partial charge on any atom is -0.497 e. The lowest BCUT2D eigenvalue weighted by Crippen LogP contribution is -2.49. The van der Waals surface area contributed by atoms with Gasteiger partial charge in [0.05, 0.1) is 23.6 Å². The number of hydrogen-bond donors (Lipinski definition) is 0. The Balaban J connectivity index is 1.42. The number of hydrogen-bond acceptors (Lipinski definition) is 7. The molecule has 182 valence electrons. The van der Waals surface area contributed by atoms with Gasteiger partial charge in [-0.3, -0.25) is 4.90 Å². The van der Waals surface area contributed by atoms with Gasteiger partial charge in [0.15, 0.2) is 0 Å². The molecular weight excluding hydrogens is 473 g/mol. The zero-order valence-corrected chi connectivity index (χ0v) is 19.3. The van der Waals surface area contributed by atoms with Gasteiger partial charge in [-0.05, 0) is 43.3 Å². The van der Waals surface area contributed by atoms with Crippen LogP contribution in [0.5, 0.6) is 5.75 Å². The maximum Gasteiger partial charge on any atom is 0.416 e. The molecule has 3 aromatic rings. The van der Waals surface area contributed by atoms with E-state index in [1.165, 1.54) is 35.7 Å². The van der Waals surface area contributed by atoms with Crippen LogP contribution in [0, 0.1) is 0 Å². The molecule has 2 heterocycles. The maximum absolute atomic E-state index is 13.0. The second-order valence-electron chi connectivity index (χ2n) is 7.83. The van der Waals surface area contributed by atoms with Gasteiger partial charge in [-0.25, -0.2) is 8.42 Å². The van der Waals surface area contributed by atoms with Gasteiger partial charge in [0.2, 0.25) is 21.7 Å². The summed E-state index contributed by atoms with van der Waals surface area (Å²) >= 11 is 0. The lowest BCUT2D eigenvalue weighted by Gasteiger charge is -2.36. The molecule has 1 saturated heterocycles. The highest BCUT2D eigenvalue weighted by Gasteiger charge is 2.33. The SMILES string of the molecule is COc1ccc(S(=O)(=O)N2CCN(C(C)c3nc(-c4cccc(C(F)(F)F)c4)no3)CC2)cc1. The first-order chi connectivity index (χ1) is 16.1. The van der Waals surface area contributed by atoms with Crippen molar-refractivity contribution in [3.8, 4) is 17.1 Å². The van der Waals surface area contributed by atoms with Crippen molar-refractivity contribution in [3.63, 3.8) is 0 Å². The third-order valence-corrected chi connectivity index (χ3v) is 7.68. The smallest absolute Gasteiger partial charge is 0.416 e. The molecule has 1 aromatic heterocycles. The summed E-state index contributed by atoms with van der Waals surface area (Å²) < 4.78 is 76.7. The van der Waals surface area contributed by atoms with E-state index in [1.54, 1.807) is 12.1 Å². The van der Waals surface area contributed by atoms with Crippen molar-refractivity contribution in [2.45, 2.75) is 24.0 Å². The number of aromatic nitrogens is 2. The summed E-state index contributed by atoms with van der Waals surface area (Å²) in [7, 11) is -2.13. The van der Waals surface area contributed by atoms with E-state index in [0.29, 0.717) is 18.8 Å². The van der Waals surface area contributed by atoms with Crippen molar-refractivity contribution in [1.82, 2.24) is 19.3 Å². The van der Waals surface area contributed by atoms with Crippen molar-refractivity contribution in [2.75, 3.05) is 33.3 Å². The van der Waals surface area contributed by atoms with Crippen LogP contribution < -0.4 is 4.74 Å². The third kappa shape index (κ3) is 4.93. The summed E-state index contributed by atoms with van der Waals surface area (Å²) in [5, 5.41) is 3.84. The molecule has 0 amide bonds. The molecule has 0 aliphatic carbocycles. The fourth-order valence-electron chi connectivity index (χ4n) is 3.74. The molecule has 1 atom stereocenters. The minimum absolute atomic E-state index is 0.0636. The molecular formula is C22H23F3N4O4S. The van der Waals surface area contributed by atoms with Gasteiger partial charge in [0, 0.05) is 31.7 Å². The molecule has 0 radical (unpaired) electrons. The first kappa shape index (κ1) is 24.2. The number of piperazine rings is 1. The fourth-order valence-corrected chi connectivity index (χ4v) is 5.16. The van der Waals surface area contributed by atoms with Crippen molar-refractivity contribution in [3.05, 3.63) is 60.0 Å². The van der Waals surface area contributed by atoms with E-state index in [1.807, 2.05) is 11.8 Å². The molecule has 2 aromatic carbocycles. The highest BCUT2D eigenvalue weighted by molar-refractivity contribution is 7.89. The number of methoxy groups -OCH3 is 1. The summed E-state index contributed by atoms with van der Waals surface area (Å²) in [6.07, 6.45) is -4.47. The Kier molecular flexibility index (Phi) is 6.65. The first-order valence-electron chi connectivity index (χ1n) is 10.5. The van der Waals surface area contributed by atoms with E-state index in [2.05, 4.69) is 10.1 Å². The molecule has 12 heteroatoms. The van der Waals surface area contributed by atoms with E-state index in [0.717, 1.165) is 12.1 Å². The molecule has 1 fully saturated rings. The van der Waals surface area contributed by atoms with Crippen molar-refractivity contribution < 1.29 is 30.8 Å². The van der Waals surface area contributed by atoms with Crippen LogP contribution in [0.3, 0.4) is 0 Å². The van der Waals surface area contributed by atoms with Gasteiger partial charge in [-0.15, -0.1) is 0 Å². The Morgan fingerprint density at radius 3 is 2.35 bits per heavy atom. The number of rotatable bonds is 6. The van der Waals surface area contributed by atoms with Gasteiger partial charge < -0.3 is 9.26 Å². The molecule has 1 aliphatic heterocycles. The number of alkyl halides is 3. The molecule has 1 aliphatic rings. The van der Waals surface area contributed by atoms with E-state index in [-0.39, 0.29) is 41.3 Å². The Morgan fingerprint density at radius 1 is 1.06 bits per heavy atom. The van der Waals surface area contributed by atoms with Gasteiger partial charge in [0.1, 0.15) is 5.75 Å². The topological polar surface area (TPSA) is 88.8 Å². The summed E-state index contributed by atoms with van der Waals surface area (Å²) in [6, 6.07) is 10.6. The average molecular weight is 497 g/mol. The quantitative estimate of drug-likeness (QED) is 0.513. The standard InChI is InChI=1S/C22H23F3N4O4S/c1-15(21-26-20(27-33-21)16-4-3-5-17(14-16)22(23,24)25)28-10-12-29(13-11-28)34(30,31)19-8-6-18(32-2)7-9-19/h3-9,14-15H,10-13H2,1-2H3. The van der Waals surface area contributed by atoms with E-state index >= 15 is 0 Å². The number of benzene rings is 2.